The van der Waals surface area contributed by atoms with E-state index in [0.29, 0.717) is 56.8 Å². The zero-order valence-electron chi connectivity index (χ0n) is 31.3. The van der Waals surface area contributed by atoms with E-state index < -0.39 is 12.1 Å². The molecular formula is C44H52N4O7. The van der Waals surface area contributed by atoms with Crippen molar-refractivity contribution in [1.82, 2.24) is 10.2 Å². The van der Waals surface area contributed by atoms with Crippen LogP contribution in [0.3, 0.4) is 0 Å². The molecule has 0 radical (unpaired) electrons. The highest BCUT2D eigenvalue weighted by molar-refractivity contribution is 5.93. The maximum Gasteiger partial charge on any atom is 0.224 e. The second-order valence-electron chi connectivity index (χ2n) is 14.7. The van der Waals surface area contributed by atoms with Gasteiger partial charge in [0, 0.05) is 63.8 Å². The van der Waals surface area contributed by atoms with E-state index in [0.717, 1.165) is 72.3 Å². The average Bonchev–Trinajstić information content (AvgIpc) is 3.68. The van der Waals surface area contributed by atoms with E-state index in [1.807, 2.05) is 48.5 Å². The second kappa shape index (κ2) is 18.3. The number of aliphatic hydroxyl groups excluding tert-OH is 1. The molecule has 3 aliphatic heterocycles. The molecule has 0 bridgehead atoms. The van der Waals surface area contributed by atoms with Crippen molar-refractivity contribution >= 4 is 23.2 Å². The van der Waals surface area contributed by atoms with Crippen LogP contribution >= 0.6 is 0 Å². The predicted octanol–water partition coefficient (Wildman–Crippen LogP) is 6.63. The van der Waals surface area contributed by atoms with E-state index in [9.17, 15) is 14.7 Å². The van der Waals surface area contributed by atoms with Crippen LogP contribution in [0.4, 0.5) is 11.4 Å². The number of piperidine rings is 1. The molecule has 7 rings (SSSR count). The third-order valence-electron chi connectivity index (χ3n) is 10.7. The maximum atomic E-state index is 12.6. The molecule has 3 fully saturated rings. The number of rotatable bonds is 14. The fraction of sp³-hybridized carbons (Fsp3) is 0.409. The fourth-order valence-corrected chi connectivity index (χ4v) is 7.56. The van der Waals surface area contributed by atoms with Crippen molar-refractivity contribution in [3.05, 3.63) is 119 Å². The number of hydrogen-bond acceptors (Lipinski definition) is 9. The number of nitrogens with two attached hydrogens (primary N) is 1. The normalized spacial score (nSPS) is 21.0. The van der Waals surface area contributed by atoms with Gasteiger partial charge in [-0.25, -0.2) is 0 Å². The molecule has 11 nitrogen and oxygen atoms in total. The van der Waals surface area contributed by atoms with Gasteiger partial charge in [-0.05, 0) is 58.9 Å². The molecule has 3 atom stereocenters. The van der Waals surface area contributed by atoms with Crippen molar-refractivity contribution in [3.63, 3.8) is 0 Å². The minimum Gasteiger partial charge on any atom is -0.397 e. The van der Waals surface area contributed by atoms with Crippen LogP contribution in [-0.2, 0) is 41.7 Å². The third-order valence-corrected chi connectivity index (χ3v) is 10.7. The summed E-state index contributed by atoms with van der Waals surface area (Å²) in [6.45, 7) is 4.34. The monoisotopic (exact) mass is 748 g/mol. The van der Waals surface area contributed by atoms with Crippen LogP contribution in [0.15, 0.2) is 97.1 Å². The highest BCUT2D eigenvalue weighted by atomic mass is 16.7. The molecule has 290 valence electrons. The molecular weight excluding hydrogens is 697 g/mol. The summed E-state index contributed by atoms with van der Waals surface area (Å²) < 4.78 is 25.2. The first-order valence-corrected chi connectivity index (χ1v) is 19.5. The number of carbonyl (C=O) groups excluding carboxylic acids is 2. The summed E-state index contributed by atoms with van der Waals surface area (Å²) in [5.74, 6) is -0.571. The lowest BCUT2D eigenvalue weighted by atomic mass is 9.98. The summed E-state index contributed by atoms with van der Waals surface area (Å²) in [5.41, 5.74) is 13.0. The van der Waals surface area contributed by atoms with Gasteiger partial charge in [-0.15, -0.1) is 0 Å². The first-order chi connectivity index (χ1) is 26.8. The number of likely N-dealkylation sites (tertiary alicyclic amines) is 1. The number of amides is 2. The third kappa shape index (κ3) is 10.4. The molecule has 3 aliphatic rings. The molecule has 0 unspecified atom stereocenters. The lowest BCUT2D eigenvalue weighted by Gasteiger charge is -2.41. The van der Waals surface area contributed by atoms with Gasteiger partial charge in [0.2, 0.25) is 11.8 Å². The number of unbranched alkanes of at least 4 members (excludes halogenated alkanes) is 1. The Morgan fingerprint density at radius 3 is 2.22 bits per heavy atom. The van der Waals surface area contributed by atoms with Gasteiger partial charge in [0.25, 0.3) is 0 Å². The smallest absolute Gasteiger partial charge is 0.224 e. The van der Waals surface area contributed by atoms with E-state index in [4.69, 9.17) is 24.7 Å². The molecule has 3 heterocycles. The van der Waals surface area contributed by atoms with Gasteiger partial charge in [0.15, 0.2) is 12.1 Å². The van der Waals surface area contributed by atoms with Crippen LogP contribution in [0.1, 0.15) is 79.6 Å². The average molecular weight is 749 g/mol. The van der Waals surface area contributed by atoms with Crippen LogP contribution in [0.5, 0.6) is 0 Å². The Kier molecular flexibility index (Phi) is 12.9. The first-order valence-electron chi connectivity index (χ1n) is 19.5. The summed E-state index contributed by atoms with van der Waals surface area (Å²) in [4.78, 5) is 27.3. The summed E-state index contributed by atoms with van der Waals surface area (Å²) >= 11 is 0. The number of ether oxygens (including phenoxy) is 4. The maximum absolute atomic E-state index is 12.6. The number of para-hydroxylation sites is 2. The van der Waals surface area contributed by atoms with Gasteiger partial charge in [-0.3, -0.25) is 9.59 Å². The Hall–Kier alpha value is -4.62. The number of aliphatic hydroxyl groups is 1. The summed E-state index contributed by atoms with van der Waals surface area (Å²) in [7, 11) is 0. The summed E-state index contributed by atoms with van der Waals surface area (Å²) in [6, 6.07) is 31.6. The highest BCUT2D eigenvalue weighted by Gasteiger charge is 2.41. The van der Waals surface area contributed by atoms with Crippen molar-refractivity contribution in [2.75, 3.05) is 43.9 Å². The number of hydrogen-bond donors (Lipinski definition) is 4. The molecule has 2 amide bonds. The minimum atomic E-state index is -0.536. The topological polar surface area (TPSA) is 145 Å². The Labute approximate surface area is 323 Å². The van der Waals surface area contributed by atoms with E-state index in [2.05, 4.69) is 51.9 Å². The van der Waals surface area contributed by atoms with Gasteiger partial charge >= 0.3 is 0 Å². The fourth-order valence-electron chi connectivity index (χ4n) is 7.56. The zero-order chi connectivity index (χ0) is 38.0. The van der Waals surface area contributed by atoms with Crippen molar-refractivity contribution in [3.8, 4) is 11.1 Å². The van der Waals surface area contributed by atoms with Crippen LogP contribution in [0, 0.1) is 0 Å². The molecule has 4 aromatic rings. The van der Waals surface area contributed by atoms with Crippen molar-refractivity contribution in [2.24, 2.45) is 0 Å². The largest absolute Gasteiger partial charge is 0.397 e. The number of benzene rings is 4. The van der Waals surface area contributed by atoms with Gasteiger partial charge in [0.05, 0.1) is 43.4 Å². The van der Waals surface area contributed by atoms with E-state index in [-0.39, 0.29) is 30.6 Å². The molecule has 1 spiro atoms. The predicted molar refractivity (Wildman–Crippen MR) is 210 cm³/mol. The summed E-state index contributed by atoms with van der Waals surface area (Å²) in [5, 5.41) is 15.4. The standard InChI is InChI=1S/C44H52N4O7/c45-38-8-1-2-9-39(38)47-42(51)11-4-3-10-41(50)46-28-32-6-5-7-36(26-32)33-16-18-35(19-17-33)43-54-37(27-40(55-43)34-14-12-31(30-49)13-15-34)29-48-22-20-44(21-23-48)52-24-25-53-44/h1-2,5-9,12-19,26,37,40,43,49H,3-4,10-11,20-25,27-30,45H2,(H,46,50)(H,47,51)/t37-,40+,43+/m1/s1. The molecule has 0 saturated carbocycles. The van der Waals surface area contributed by atoms with E-state index in [1.165, 1.54) is 0 Å². The van der Waals surface area contributed by atoms with E-state index in [1.54, 1.807) is 12.1 Å². The second-order valence-corrected chi connectivity index (χ2v) is 14.7. The Morgan fingerprint density at radius 1 is 0.782 bits per heavy atom. The first kappa shape index (κ1) is 38.6. The SMILES string of the molecule is Nc1ccccc1NC(=O)CCCCC(=O)NCc1cccc(-c2ccc([C@H]3O[C@@H](CN4CCC5(CC4)OCCO5)C[C@@H](c4ccc(CO)cc4)O3)cc2)c1. The van der Waals surface area contributed by atoms with Crippen LogP contribution in [-0.4, -0.2) is 66.6 Å². The van der Waals surface area contributed by atoms with Crippen LogP contribution in [0.25, 0.3) is 11.1 Å². The molecule has 0 aromatic heterocycles. The van der Waals surface area contributed by atoms with Crippen LogP contribution in [0.2, 0.25) is 0 Å². The molecule has 3 saturated heterocycles. The number of nitrogens with one attached hydrogen (secondary N) is 2. The zero-order valence-corrected chi connectivity index (χ0v) is 31.3. The minimum absolute atomic E-state index is 0.00347. The van der Waals surface area contributed by atoms with Gasteiger partial charge in [0.1, 0.15) is 0 Å². The van der Waals surface area contributed by atoms with E-state index >= 15 is 0 Å². The van der Waals surface area contributed by atoms with Gasteiger partial charge in [-0.1, -0.05) is 78.9 Å². The number of carbonyl (C=O) groups is 2. The molecule has 55 heavy (non-hydrogen) atoms. The highest BCUT2D eigenvalue weighted by Crippen LogP contribution is 2.39. The molecule has 11 heteroatoms. The number of nitrogens with zero attached hydrogens (tertiary/aromatic N) is 1. The summed E-state index contributed by atoms with van der Waals surface area (Å²) in [6.07, 6.45) is 3.62. The molecule has 0 aliphatic carbocycles. The van der Waals surface area contributed by atoms with Crippen molar-refractivity contribution in [1.29, 1.82) is 0 Å². The Bertz CT molecular complexity index is 1870. The van der Waals surface area contributed by atoms with Gasteiger partial charge in [-0.2, -0.15) is 0 Å². The van der Waals surface area contributed by atoms with Crippen LogP contribution < -0.4 is 16.4 Å². The lowest BCUT2D eigenvalue weighted by Crippen LogP contribution is -2.48. The molecule has 4 aromatic carbocycles. The molecule has 5 N–H and O–H groups in total. The number of nitrogen functional groups attached to an aromatic ring is 1. The van der Waals surface area contributed by atoms with Gasteiger partial charge < -0.3 is 45.3 Å². The number of anilines is 2. The van der Waals surface area contributed by atoms with Crippen molar-refractivity contribution < 1.29 is 33.6 Å². The van der Waals surface area contributed by atoms with Crippen molar-refractivity contribution in [2.45, 2.75) is 82.4 Å². The lowest BCUT2D eigenvalue weighted by molar-refractivity contribution is -0.255. The Morgan fingerprint density at radius 2 is 1.49 bits per heavy atom. The Balaban J connectivity index is 0.922. The quantitative estimate of drug-likeness (QED) is 0.0826.